The van der Waals surface area contributed by atoms with Gasteiger partial charge in [-0.15, -0.1) is 0 Å². The Hall–Kier alpha value is -5.11. The Morgan fingerprint density at radius 2 is 1.35 bits per heavy atom. The zero-order valence-corrected chi connectivity index (χ0v) is 29.0. The third-order valence-corrected chi connectivity index (χ3v) is 9.25. The van der Waals surface area contributed by atoms with Gasteiger partial charge < -0.3 is 49.1 Å². The number of phenols is 2. The van der Waals surface area contributed by atoms with Crippen molar-refractivity contribution in [3.05, 3.63) is 49.3 Å². The van der Waals surface area contributed by atoms with Gasteiger partial charge in [0.05, 0.1) is 70.8 Å². The van der Waals surface area contributed by atoms with Gasteiger partial charge in [-0.25, -0.2) is 0 Å². The van der Waals surface area contributed by atoms with Crippen molar-refractivity contribution in [2.24, 2.45) is 0 Å². The second-order valence-corrected chi connectivity index (χ2v) is 12.4. The van der Waals surface area contributed by atoms with Crippen LogP contribution in [0.15, 0.2) is 27.3 Å². The largest absolute Gasteiger partial charge is 0.505 e. The number of ether oxygens (including phenoxy) is 6. The standard InChI is InChI=1S/C38H41NO12/c1-19-15-20-27-28-21(16-19)38(48-4)37(45)30-23(42)18-25(47-3)32(34(28)30)31-24(46-2)17-22(41)29(33(27)31)36(44)35(20)39-8-6-5-7-26(43)51-14-13-50-12-11-49-10-9-40/h15,17-18,39-40,44-45H,5-14,16H2,1-4H3. The fourth-order valence-corrected chi connectivity index (χ4v) is 7.20. The molecule has 6 rings (SSSR count). The molecule has 13 heteroatoms. The summed E-state index contributed by atoms with van der Waals surface area (Å²) in [7, 11) is 4.31. The van der Waals surface area contributed by atoms with Crippen LogP contribution in [0.5, 0.6) is 28.7 Å². The Labute approximate surface area is 292 Å². The van der Waals surface area contributed by atoms with Crippen LogP contribution in [0.3, 0.4) is 0 Å². The van der Waals surface area contributed by atoms with Crippen LogP contribution in [0.1, 0.15) is 37.3 Å². The van der Waals surface area contributed by atoms with E-state index >= 15 is 0 Å². The number of carbonyl (C=O) groups excluding carboxylic acids is 1. The van der Waals surface area contributed by atoms with Gasteiger partial charge in [0, 0.05) is 63.2 Å². The molecule has 0 spiro atoms. The van der Waals surface area contributed by atoms with E-state index in [9.17, 15) is 24.6 Å². The molecule has 0 saturated carbocycles. The fraction of sp³-hybridized carbons (Fsp3) is 0.395. The summed E-state index contributed by atoms with van der Waals surface area (Å²) in [5.41, 5.74) is 1.50. The number of aliphatic hydroxyl groups excluding tert-OH is 1. The number of allylic oxidation sites excluding steroid dienone is 1. The first-order chi connectivity index (χ1) is 24.7. The van der Waals surface area contributed by atoms with Gasteiger partial charge in [0.25, 0.3) is 0 Å². The first-order valence-corrected chi connectivity index (χ1v) is 16.8. The van der Waals surface area contributed by atoms with Crippen molar-refractivity contribution in [2.45, 2.75) is 32.6 Å². The first kappa shape index (κ1) is 35.7. The van der Waals surface area contributed by atoms with E-state index in [1.807, 2.05) is 13.0 Å². The molecular formula is C38H41NO12. The number of phenolic OH excluding ortho intramolecular Hbond substituents is 2. The summed E-state index contributed by atoms with van der Waals surface area (Å²) in [5, 5.41) is 38.6. The highest BCUT2D eigenvalue weighted by Gasteiger charge is 2.33. The lowest BCUT2D eigenvalue weighted by Gasteiger charge is -2.24. The molecule has 0 saturated heterocycles. The molecule has 5 aromatic carbocycles. The van der Waals surface area contributed by atoms with Gasteiger partial charge in [0.15, 0.2) is 28.1 Å². The number of carbonyl (C=O) groups is 1. The molecule has 0 bridgehead atoms. The molecule has 0 amide bonds. The Morgan fingerprint density at radius 1 is 0.745 bits per heavy atom. The number of nitrogens with one attached hydrogen (secondary N) is 1. The third kappa shape index (κ3) is 6.26. The minimum atomic E-state index is -0.467. The van der Waals surface area contributed by atoms with E-state index in [1.54, 1.807) is 0 Å². The second-order valence-electron chi connectivity index (χ2n) is 12.4. The average Bonchev–Trinajstić information content (AvgIpc) is 3.26. The van der Waals surface area contributed by atoms with E-state index in [2.05, 4.69) is 5.32 Å². The normalized spacial score (nSPS) is 12.6. The number of benzene rings is 5. The summed E-state index contributed by atoms with van der Waals surface area (Å²) in [5.74, 6) is -0.276. The number of esters is 1. The molecule has 0 aliphatic heterocycles. The van der Waals surface area contributed by atoms with Crippen molar-refractivity contribution in [1.82, 2.24) is 0 Å². The summed E-state index contributed by atoms with van der Waals surface area (Å²) in [6, 6.07) is 2.60. The summed E-state index contributed by atoms with van der Waals surface area (Å²) >= 11 is 0. The van der Waals surface area contributed by atoms with Crippen molar-refractivity contribution in [3.63, 3.8) is 0 Å². The molecule has 0 atom stereocenters. The van der Waals surface area contributed by atoms with Crippen LogP contribution in [0.25, 0.3) is 49.2 Å². The summed E-state index contributed by atoms with van der Waals surface area (Å²) in [6.45, 7) is 3.49. The van der Waals surface area contributed by atoms with Gasteiger partial charge >= 0.3 is 5.97 Å². The maximum absolute atomic E-state index is 13.8. The Balaban J connectivity index is 1.40. The Morgan fingerprint density at radius 3 is 1.98 bits per heavy atom. The van der Waals surface area contributed by atoms with Crippen LogP contribution in [0.4, 0.5) is 5.69 Å². The lowest BCUT2D eigenvalue weighted by molar-refractivity contribution is -0.145. The van der Waals surface area contributed by atoms with Crippen molar-refractivity contribution < 1.29 is 48.5 Å². The molecule has 4 N–H and O–H groups in total. The highest BCUT2D eigenvalue weighted by molar-refractivity contribution is 6.39. The molecular weight excluding hydrogens is 662 g/mol. The number of rotatable bonds is 17. The van der Waals surface area contributed by atoms with Crippen LogP contribution in [-0.2, 0) is 25.4 Å². The molecule has 1 aliphatic carbocycles. The van der Waals surface area contributed by atoms with E-state index in [4.69, 9.17) is 33.5 Å². The third-order valence-electron chi connectivity index (χ3n) is 9.25. The molecule has 0 aromatic heterocycles. The zero-order chi connectivity index (χ0) is 36.4. The minimum absolute atomic E-state index is 0.0482. The highest BCUT2D eigenvalue weighted by Crippen LogP contribution is 2.56. The summed E-state index contributed by atoms with van der Waals surface area (Å²) in [6.07, 6.45) is 3.50. The number of methoxy groups -OCH3 is 3. The van der Waals surface area contributed by atoms with Gasteiger partial charge in [-0.05, 0) is 31.6 Å². The lowest BCUT2D eigenvalue weighted by Crippen LogP contribution is -2.14. The SMILES string of the molecule is COc1c(O)c2c(=O)cc(OC)c3c4c(OC)cc(=O)c5c(O)c(NCCCCC(=O)OCCOCCOCCO)c6c(c(c1CC(C)=C6)c23)c54. The minimum Gasteiger partial charge on any atom is -0.505 e. The van der Waals surface area contributed by atoms with E-state index in [0.717, 1.165) is 5.57 Å². The number of fused-ring (bicyclic) bond motifs is 1. The Kier molecular flexibility index (Phi) is 10.5. The maximum atomic E-state index is 13.8. The van der Waals surface area contributed by atoms with E-state index in [0.29, 0.717) is 88.2 Å². The monoisotopic (exact) mass is 703 g/mol. The van der Waals surface area contributed by atoms with Crippen molar-refractivity contribution in [2.75, 3.05) is 72.8 Å². The lowest BCUT2D eigenvalue weighted by atomic mass is 9.83. The second kappa shape index (κ2) is 15.0. The van der Waals surface area contributed by atoms with Crippen LogP contribution in [0.2, 0.25) is 0 Å². The smallest absolute Gasteiger partial charge is 0.305 e. The molecule has 5 aromatic rings. The van der Waals surface area contributed by atoms with Crippen molar-refractivity contribution in [3.8, 4) is 28.7 Å². The topological polar surface area (TPSA) is 179 Å². The predicted molar refractivity (Wildman–Crippen MR) is 194 cm³/mol. The highest BCUT2D eigenvalue weighted by atomic mass is 16.6. The van der Waals surface area contributed by atoms with Crippen LogP contribution >= 0.6 is 0 Å². The zero-order valence-electron chi connectivity index (χ0n) is 29.0. The summed E-state index contributed by atoms with van der Waals surface area (Å²) in [4.78, 5) is 39.7. The number of unbranched alkanes of at least 4 members (excludes halogenated alkanes) is 1. The number of anilines is 1. The Bertz CT molecular complexity index is 2260. The van der Waals surface area contributed by atoms with Gasteiger partial charge in [0.1, 0.15) is 18.1 Å². The quantitative estimate of drug-likeness (QED) is 0.0351. The molecule has 0 fully saturated rings. The van der Waals surface area contributed by atoms with Crippen LogP contribution in [0, 0.1) is 0 Å². The maximum Gasteiger partial charge on any atom is 0.305 e. The first-order valence-electron chi connectivity index (χ1n) is 16.8. The molecule has 0 heterocycles. The van der Waals surface area contributed by atoms with Crippen molar-refractivity contribution >= 4 is 60.8 Å². The number of aliphatic hydroxyl groups is 1. The van der Waals surface area contributed by atoms with E-state index in [1.165, 1.54) is 33.5 Å². The van der Waals surface area contributed by atoms with Crippen molar-refractivity contribution in [1.29, 1.82) is 0 Å². The molecule has 51 heavy (non-hydrogen) atoms. The van der Waals surface area contributed by atoms with Gasteiger partial charge in [-0.2, -0.15) is 0 Å². The molecule has 13 nitrogen and oxygen atoms in total. The van der Waals surface area contributed by atoms with Crippen LogP contribution in [-0.4, -0.2) is 88.8 Å². The summed E-state index contributed by atoms with van der Waals surface area (Å²) < 4.78 is 32.9. The van der Waals surface area contributed by atoms with Crippen LogP contribution < -0.4 is 30.4 Å². The average molecular weight is 704 g/mol. The van der Waals surface area contributed by atoms with Gasteiger partial charge in [0.2, 0.25) is 0 Å². The number of hydrogen-bond donors (Lipinski definition) is 4. The van der Waals surface area contributed by atoms with Gasteiger partial charge in [-0.1, -0.05) is 11.6 Å². The molecule has 270 valence electrons. The number of hydrogen-bond acceptors (Lipinski definition) is 13. The molecule has 1 aliphatic rings. The van der Waals surface area contributed by atoms with E-state index in [-0.39, 0.29) is 78.3 Å². The fourth-order valence-electron chi connectivity index (χ4n) is 7.20. The molecule has 0 unspecified atom stereocenters. The van der Waals surface area contributed by atoms with E-state index < -0.39 is 10.9 Å². The van der Waals surface area contributed by atoms with Gasteiger partial charge in [-0.3, -0.25) is 14.4 Å². The number of aromatic hydroxyl groups is 2. The predicted octanol–water partition coefficient (Wildman–Crippen LogP) is 4.44. The molecule has 0 radical (unpaired) electrons.